The fourth-order valence-electron chi connectivity index (χ4n) is 0.929. The third-order valence-electron chi connectivity index (χ3n) is 1.54. The Kier molecular flexibility index (Phi) is 3.33. The van der Waals surface area contributed by atoms with Gasteiger partial charge < -0.3 is 10.5 Å². The highest BCUT2D eigenvalue weighted by molar-refractivity contribution is 5.88. The number of carbonyl (C=O) groups is 1. The van der Waals surface area contributed by atoms with Crippen LogP contribution in [0.3, 0.4) is 0 Å². The molecule has 0 unspecified atom stereocenters. The van der Waals surface area contributed by atoms with Crippen molar-refractivity contribution in [1.29, 1.82) is 0 Å². The number of aromatic nitrogens is 2. The lowest BCUT2D eigenvalue weighted by molar-refractivity contribution is -0.751. The number of methoxy groups -OCH3 is 1. The average Bonchev–Trinajstić information content (AvgIpc) is 2.18. The molecule has 0 aliphatic rings. The van der Waals surface area contributed by atoms with E-state index in [0.29, 0.717) is 18.7 Å². The number of esters is 1. The van der Waals surface area contributed by atoms with Crippen molar-refractivity contribution < 1.29 is 14.2 Å². The summed E-state index contributed by atoms with van der Waals surface area (Å²) in [5.41, 5.74) is 5.82. The van der Waals surface area contributed by atoms with Crippen LogP contribution in [0.15, 0.2) is 18.5 Å². The molecule has 0 aliphatic heterocycles. The molecule has 70 valence electrons. The number of carbonyl (C=O) groups excluding carboxylic acids is 1. The van der Waals surface area contributed by atoms with Gasteiger partial charge in [-0.05, 0) is 11.2 Å². The summed E-state index contributed by atoms with van der Waals surface area (Å²) >= 11 is 0. The molecule has 0 aliphatic carbocycles. The molecule has 0 atom stereocenters. The minimum absolute atomic E-state index is 0.367. The molecule has 0 radical (unpaired) electrons. The Morgan fingerprint density at radius 2 is 2.54 bits per heavy atom. The molecule has 0 saturated carbocycles. The molecule has 0 bridgehead atoms. The Labute approximate surface area is 76.1 Å². The molecule has 1 aromatic rings. The highest BCUT2D eigenvalue weighted by Gasteiger charge is 2.10. The van der Waals surface area contributed by atoms with E-state index in [1.807, 2.05) is 0 Å². The summed E-state index contributed by atoms with van der Waals surface area (Å²) in [6.07, 6.45) is 3.15. The van der Waals surface area contributed by atoms with E-state index in [1.54, 1.807) is 23.1 Å². The first-order valence-corrected chi connectivity index (χ1v) is 3.92. The Morgan fingerprint density at radius 1 is 1.77 bits per heavy atom. The first kappa shape index (κ1) is 9.60. The lowest BCUT2D eigenvalue weighted by Crippen LogP contribution is -2.41. The summed E-state index contributed by atoms with van der Waals surface area (Å²) in [6, 6.07) is 1.60. The molecular weight excluding hydrogens is 170 g/mol. The van der Waals surface area contributed by atoms with Crippen LogP contribution in [-0.2, 0) is 11.3 Å². The van der Waals surface area contributed by atoms with Crippen LogP contribution in [0.4, 0.5) is 0 Å². The zero-order valence-corrected chi connectivity index (χ0v) is 7.43. The number of ether oxygens (including phenoxy) is 1. The van der Waals surface area contributed by atoms with Crippen LogP contribution in [0.2, 0.25) is 0 Å². The lowest BCUT2D eigenvalue weighted by atomic mass is 10.3. The van der Waals surface area contributed by atoms with Gasteiger partial charge in [0, 0.05) is 0 Å². The second-order valence-corrected chi connectivity index (χ2v) is 2.46. The molecule has 0 spiro atoms. The van der Waals surface area contributed by atoms with Crippen LogP contribution in [0.25, 0.3) is 0 Å². The summed E-state index contributed by atoms with van der Waals surface area (Å²) in [5, 5.41) is 3.97. The van der Waals surface area contributed by atoms with Crippen LogP contribution in [-0.4, -0.2) is 24.7 Å². The van der Waals surface area contributed by atoms with Gasteiger partial charge in [-0.25, -0.2) is 4.79 Å². The van der Waals surface area contributed by atoms with Crippen molar-refractivity contribution >= 4 is 5.97 Å². The van der Waals surface area contributed by atoms with Gasteiger partial charge >= 0.3 is 5.97 Å². The first-order chi connectivity index (χ1) is 6.27. The standard InChI is InChI=1S/C8H12N3O2/c1-13-8(12)7-2-4-10-11(6-7)5-3-9/h2,4,6H,3,5,9H2,1H3/q+1. The van der Waals surface area contributed by atoms with Crippen LogP contribution >= 0.6 is 0 Å². The molecule has 1 rings (SSSR count). The third kappa shape index (κ3) is 2.48. The fourth-order valence-corrected chi connectivity index (χ4v) is 0.929. The molecule has 5 nitrogen and oxygen atoms in total. The highest BCUT2D eigenvalue weighted by Crippen LogP contribution is 1.94. The molecule has 0 aromatic carbocycles. The maximum absolute atomic E-state index is 11.1. The first-order valence-electron chi connectivity index (χ1n) is 3.92. The molecule has 1 aromatic heterocycles. The van der Waals surface area contributed by atoms with E-state index in [4.69, 9.17) is 5.73 Å². The van der Waals surface area contributed by atoms with E-state index < -0.39 is 0 Å². The SMILES string of the molecule is COC(=O)c1ccn[n+](CCN)c1. The van der Waals surface area contributed by atoms with Crippen molar-refractivity contribution in [3.63, 3.8) is 0 Å². The normalized spacial score (nSPS) is 9.69. The van der Waals surface area contributed by atoms with Gasteiger partial charge in [0.25, 0.3) is 0 Å². The van der Waals surface area contributed by atoms with Crippen molar-refractivity contribution in [3.05, 3.63) is 24.0 Å². The van der Waals surface area contributed by atoms with Gasteiger partial charge in [-0.15, -0.1) is 0 Å². The van der Waals surface area contributed by atoms with E-state index in [-0.39, 0.29) is 5.97 Å². The molecule has 1 heterocycles. The Balaban J connectivity index is 2.85. The molecule has 0 amide bonds. The van der Waals surface area contributed by atoms with Gasteiger partial charge in [0.1, 0.15) is 5.56 Å². The minimum atomic E-state index is -0.367. The molecule has 0 saturated heterocycles. The van der Waals surface area contributed by atoms with E-state index in [0.717, 1.165) is 0 Å². The van der Waals surface area contributed by atoms with Gasteiger partial charge in [-0.2, -0.15) is 0 Å². The lowest BCUT2D eigenvalue weighted by Gasteiger charge is -1.96. The van der Waals surface area contributed by atoms with E-state index in [1.165, 1.54) is 7.11 Å². The summed E-state index contributed by atoms with van der Waals surface area (Å²) < 4.78 is 6.16. The van der Waals surface area contributed by atoms with Gasteiger partial charge in [0.05, 0.1) is 19.9 Å². The highest BCUT2D eigenvalue weighted by atomic mass is 16.5. The number of hydrogen-bond donors (Lipinski definition) is 1. The molecule has 0 fully saturated rings. The zero-order chi connectivity index (χ0) is 9.68. The van der Waals surface area contributed by atoms with Gasteiger partial charge in [-0.1, -0.05) is 4.68 Å². The van der Waals surface area contributed by atoms with Crippen molar-refractivity contribution in [2.24, 2.45) is 5.73 Å². The van der Waals surface area contributed by atoms with Gasteiger partial charge in [-0.3, -0.25) is 0 Å². The number of rotatable bonds is 3. The smallest absolute Gasteiger partial charge is 0.344 e. The molecule has 13 heavy (non-hydrogen) atoms. The van der Waals surface area contributed by atoms with Crippen molar-refractivity contribution in [2.75, 3.05) is 13.7 Å². The largest absolute Gasteiger partial charge is 0.465 e. The topological polar surface area (TPSA) is 69.1 Å². The second-order valence-electron chi connectivity index (χ2n) is 2.46. The summed E-state index contributed by atoms with van der Waals surface area (Å²) in [7, 11) is 1.34. The maximum Gasteiger partial charge on any atom is 0.344 e. The maximum atomic E-state index is 11.1. The summed E-state index contributed by atoms with van der Waals surface area (Å²) in [4.78, 5) is 11.1. The number of nitrogens with two attached hydrogens (primary N) is 1. The second kappa shape index (κ2) is 4.51. The third-order valence-corrected chi connectivity index (χ3v) is 1.54. The number of nitrogens with zero attached hydrogens (tertiary/aromatic N) is 2. The summed E-state index contributed by atoms with van der Waals surface area (Å²) in [5.74, 6) is -0.367. The Hall–Kier alpha value is -1.49. The molecular formula is C8H12N3O2+. The van der Waals surface area contributed by atoms with Crippen LogP contribution in [0.5, 0.6) is 0 Å². The fraction of sp³-hybridized carbons (Fsp3) is 0.375. The quantitative estimate of drug-likeness (QED) is 0.486. The Bertz CT molecular complexity index is 301. The van der Waals surface area contributed by atoms with E-state index >= 15 is 0 Å². The van der Waals surface area contributed by atoms with Crippen LogP contribution in [0, 0.1) is 0 Å². The van der Waals surface area contributed by atoms with E-state index in [9.17, 15) is 4.79 Å². The van der Waals surface area contributed by atoms with Crippen molar-refractivity contribution in [2.45, 2.75) is 6.54 Å². The van der Waals surface area contributed by atoms with E-state index in [2.05, 4.69) is 9.84 Å². The predicted molar refractivity (Wildman–Crippen MR) is 44.8 cm³/mol. The number of hydrogen-bond acceptors (Lipinski definition) is 4. The molecule has 5 heteroatoms. The Morgan fingerprint density at radius 3 is 3.15 bits per heavy atom. The van der Waals surface area contributed by atoms with Gasteiger partial charge in [0.2, 0.25) is 6.20 Å². The molecule has 2 N–H and O–H groups in total. The van der Waals surface area contributed by atoms with Gasteiger partial charge in [0.15, 0.2) is 6.54 Å². The van der Waals surface area contributed by atoms with Crippen molar-refractivity contribution in [1.82, 2.24) is 5.10 Å². The monoisotopic (exact) mass is 182 g/mol. The predicted octanol–water partition coefficient (Wildman–Crippen LogP) is -0.886. The van der Waals surface area contributed by atoms with Crippen LogP contribution in [0.1, 0.15) is 10.4 Å². The average molecular weight is 182 g/mol. The zero-order valence-electron chi connectivity index (χ0n) is 7.43. The van der Waals surface area contributed by atoms with Crippen molar-refractivity contribution in [3.8, 4) is 0 Å². The minimum Gasteiger partial charge on any atom is -0.465 e. The van der Waals surface area contributed by atoms with Crippen LogP contribution < -0.4 is 10.4 Å². The summed E-state index contributed by atoms with van der Waals surface area (Å²) in [6.45, 7) is 1.08.